The number of phosphoric ester groups is 2. The zero-order valence-electron chi connectivity index (χ0n) is 56.0. The Kier molecular flexibility index (Phi) is 49.2. The highest BCUT2D eigenvalue weighted by atomic mass is 31.2. The molecule has 2 fully saturated rings. The third-order valence-corrected chi connectivity index (χ3v) is 17.8. The van der Waals surface area contributed by atoms with Gasteiger partial charge in [0.2, 0.25) is 11.8 Å². The quantitative estimate of drug-likeness (QED) is 0.0129. The van der Waals surface area contributed by atoms with Crippen molar-refractivity contribution in [1.82, 2.24) is 10.6 Å². The molecule has 0 saturated carbocycles. The number of amides is 2. The lowest BCUT2D eigenvalue weighted by atomic mass is 9.95. The molecule has 0 bridgehead atoms. The van der Waals surface area contributed by atoms with Gasteiger partial charge in [0.05, 0.1) is 25.7 Å². The Morgan fingerprint density at radius 2 is 0.921 bits per heavy atom. The first kappa shape index (κ1) is 83.3. The number of aliphatic hydroxyl groups excluding tert-OH is 1. The van der Waals surface area contributed by atoms with Gasteiger partial charge in [-0.2, -0.15) is 0 Å². The first-order chi connectivity index (χ1) is 42.9. The average Bonchev–Trinajstić information content (AvgIpc) is 0.966. The summed E-state index contributed by atoms with van der Waals surface area (Å²) >= 11 is 0. The topological polar surface area (TPSA) is 294 Å². The number of carbonyl (C=O) groups excluding carboxylic acids is 3. The molecular formula is C66H126N2O19P2. The molecule has 1 unspecified atom stereocenters. The highest BCUT2D eigenvalue weighted by Gasteiger charge is 2.53. The number of hydrogen-bond acceptors (Lipinski definition) is 15. The third kappa shape index (κ3) is 41.0. The second-order valence-electron chi connectivity index (χ2n) is 24.8. The molecule has 89 heavy (non-hydrogen) atoms. The molecule has 524 valence electrons. The minimum absolute atomic E-state index is 0.00889. The van der Waals surface area contributed by atoms with E-state index in [4.69, 9.17) is 42.2 Å². The fraction of sp³-hybridized carbons (Fsp3) is 0.924. The van der Waals surface area contributed by atoms with Crippen molar-refractivity contribution in [3.05, 3.63) is 12.2 Å². The smallest absolute Gasteiger partial charge is 0.388 e. The maximum Gasteiger partial charge on any atom is 0.472 e. The number of methoxy groups -OCH3 is 2. The number of ketones is 1. The van der Waals surface area contributed by atoms with E-state index in [1.165, 1.54) is 58.5 Å². The number of phosphoric acid groups is 2. The van der Waals surface area contributed by atoms with E-state index in [1.54, 1.807) is 7.11 Å². The maximum atomic E-state index is 14.1. The van der Waals surface area contributed by atoms with Crippen LogP contribution in [0.15, 0.2) is 12.2 Å². The van der Waals surface area contributed by atoms with Crippen LogP contribution in [0.25, 0.3) is 0 Å². The van der Waals surface area contributed by atoms with E-state index < -0.39 is 102 Å². The minimum Gasteiger partial charge on any atom is -0.388 e. The summed E-state index contributed by atoms with van der Waals surface area (Å²) in [5.41, 5.74) is 0. The van der Waals surface area contributed by atoms with Crippen LogP contribution in [0.2, 0.25) is 0 Å². The number of unbranched alkanes of at least 4 members (excludes halogenated alkanes) is 30. The van der Waals surface area contributed by atoms with Crippen molar-refractivity contribution in [2.45, 2.75) is 352 Å². The van der Waals surface area contributed by atoms with Crippen LogP contribution in [0.5, 0.6) is 0 Å². The summed E-state index contributed by atoms with van der Waals surface area (Å²) in [6.07, 6.45) is 29.6. The molecule has 0 aliphatic carbocycles. The van der Waals surface area contributed by atoms with Gasteiger partial charge in [0.1, 0.15) is 54.5 Å². The molecule has 0 spiro atoms. The van der Waals surface area contributed by atoms with Crippen molar-refractivity contribution in [3.63, 3.8) is 0 Å². The van der Waals surface area contributed by atoms with Gasteiger partial charge >= 0.3 is 15.6 Å². The summed E-state index contributed by atoms with van der Waals surface area (Å²) < 4.78 is 79.3. The Balaban J connectivity index is 2.45. The molecular weight excluding hydrogens is 1190 g/mol. The number of nitrogens with one attached hydrogen (secondary N) is 2. The van der Waals surface area contributed by atoms with Gasteiger partial charge in [-0.25, -0.2) is 9.13 Å². The normalized spacial score (nSPS) is 22.9. The van der Waals surface area contributed by atoms with Crippen LogP contribution in [-0.2, 0) is 65.7 Å². The summed E-state index contributed by atoms with van der Waals surface area (Å²) in [5.74, 6) is -1.52. The van der Waals surface area contributed by atoms with Crippen LogP contribution < -0.4 is 10.6 Å². The summed E-state index contributed by atoms with van der Waals surface area (Å²) in [6, 6.07) is -2.84. The summed E-state index contributed by atoms with van der Waals surface area (Å²) in [6.45, 7) is 7.91. The van der Waals surface area contributed by atoms with E-state index in [0.717, 1.165) is 161 Å². The monoisotopic (exact) mass is 1310 g/mol. The largest absolute Gasteiger partial charge is 0.472 e. The van der Waals surface area contributed by atoms with Crippen LogP contribution in [0.3, 0.4) is 0 Å². The summed E-state index contributed by atoms with van der Waals surface area (Å²) in [7, 11) is -7.69. The van der Waals surface area contributed by atoms with E-state index >= 15 is 0 Å². The lowest BCUT2D eigenvalue weighted by Gasteiger charge is -2.47. The molecule has 23 heteroatoms. The number of hydrogen-bond donors (Lipinski definition) is 7. The molecule has 2 saturated heterocycles. The van der Waals surface area contributed by atoms with Crippen LogP contribution in [-0.4, -0.2) is 150 Å². The third-order valence-electron chi connectivity index (χ3n) is 16.8. The lowest BCUT2D eigenvalue weighted by Crippen LogP contribution is -2.67. The first-order valence-electron chi connectivity index (χ1n) is 35.0. The SMILES string of the molecule is CCCCCC/C=C\CCCCCCCCCC(=O)N[C@H]1[C@H](OC[C@H]2O[C@H](OP(=O)(O)O)[C@H](NC(=O)CC(=O)CCCCCCCCCCC)[C@@H](OCCCCCCCCCC)C2O)O[C@H](COC)[C@@H](OP(=O)(O)O)[C@@H]1OCC[C@@H](CCCCCCC)OC. The molecule has 2 amide bonds. The summed E-state index contributed by atoms with van der Waals surface area (Å²) in [5, 5.41) is 17.9. The van der Waals surface area contributed by atoms with Crippen LogP contribution in [0.1, 0.15) is 285 Å². The van der Waals surface area contributed by atoms with Crippen molar-refractivity contribution in [2.75, 3.05) is 40.6 Å². The van der Waals surface area contributed by atoms with Gasteiger partial charge in [-0.15, -0.1) is 0 Å². The van der Waals surface area contributed by atoms with Crippen molar-refractivity contribution in [2.24, 2.45) is 0 Å². The fourth-order valence-electron chi connectivity index (χ4n) is 11.7. The number of rotatable bonds is 59. The Hall–Kier alpha value is -1.75. The number of ether oxygens (including phenoxy) is 7. The predicted molar refractivity (Wildman–Crippen MR) is 347 cm³/mol. The highest BCUT2D eigenvalue weighted by molar-refractivity contribution is 7.46. The standard InChI is InChI=1S/C66H126N2O19P2/c1-7-11-15-19-22-25-26-27-28-29-30-32-34-38-42-46-57(70)67-60-64(82-49-47-54(80-6)45-41-36-18-14-10-4)62(86-88(73,74)75)56(51-79-5)85-65(60)83-52-55-61(72)63(81-48-43-39-35-24-21-17-13-9-3)59(66(84-55)87-89(76,77)78)68-58(71)50-53(69)44-40-37-33-31-23-20-16-12-8-2/h25-26,54-56,59-66,72H,7-24,27-52H2,1-6H3,(H,67,70)(H,68,71)(H2,73,74,75)(H2,76,77,78)/b26-25-/t54-,55-,56-,59-,60-,61?,62-,63-,64-,65-,66-/m1/s1. The van der Waals surface area contributed by atoms with Gasteiger partial charge in [-0.1, -0.05) is 220 Å². The Morgan fingerprint density at radius 3 is 1.45 bits per heavy atom. The number of allylic oxidation sites excluding steroid dienone is 2. The van der Waals surface area contributed by atoms with Crippen LogP contribution in [0, 0.1) is 0 Å². The van der Waals surface area contributed by atoms with Crippen molar-refractivity contribution in [3.8, 4) is 0 Å². The van der Waals surface area contributed by atoms with Crippen molar-refractivity contribution < 1.29 is 90.4 Å². The number of carbonyl (C=O) groups is 3. The molecule has 0 radical (unpaired) electrons. The Labute approximate surface area is 536 Å². The second-order valence-corrected chi connectivity index (χ2v) is 27.2. The lowest BCUT2D eigenvalue weighted by molar-refractivity contribution is -0.301. The van der Waals surface area contributed by atoms with E-state index in [2.05, 4.69) is 50.5 Å². The molecule has 0 aromatic carbocycles. The molecule has 2 aliphatic rings. The zero-order chi connectivity index (χ0) is 65.4. The van der Waals surface area contributed by atoms with Crippen LogP contribution in [0.4, 0.5) is 0 Å². The van der Waals surface area contributed by atoms with Crippen molar-refractivity contribution in [1.29, 1.82) is 0 Å². The first-order valence-corrected chi connectivity index (χ1v) is 38.1. The van der Waals surface area contributed by atoms with E-state index in [0.29, 0.717) is 25.7 Å². The number of Topliss-reactive ketones (excluding diaryl/α,β-unsaturated/α-hetero) is 1. The molecule has 2 rings (SSSR count). The van der Waals surface area contributed by atoms with Gasteiger partial charge in [-0.3, -0.25) is 23.4 Å². The molecule has 2 aliphatic heterocycles. The summed E-state index contributed by atoms with van der Waals surface area (Å²) in [4.78, 5) is 82.2. The predicted octanol–water partition coefficient (Wildman–Crippen LogP) is 13.6. The van der Waals surface area contributed by atoms with Gasteiger partial charge in [-0.05, 0) is 57.8 Å². The maximum absolute atomic E-state index is 14.1. The van der Waals surface area contributed by atoms with E-state index in [1.807, 2.05) is 0 Å². The Bertz CT molecular complexity index is 1900. The molecule has 11 atom stereocenters. The molecule has 0 aromatic rings. The molecule has 2 heterocycles. The van der Waals surface area contributed by atoms with Gasteiger partial charge in [0.15, 0.2) is 12.6 Å². The molecule has 21 nitrogen and oxygen atoms in total. The Morgan fingerprint density at radius 1 is 0.472 bits per heavy atom. The van der Waals surface area contributed by atoms with Gasteiger partial charge in [0, 0.05) is 40.3 Å². The average molecular weight is 1310 g/mol. The van der Waals surface area contributed by atoms with E-state index in [9.17, 15) is 48.2 Å². The van der Waals surface area contributed by atoms with Crippen molar-refractivity contribution >= 4 is 33.2 Å². The molecule has 0 aromatic heterocycles. The zero-order valence-corrected chi connectivity index (χ0v) is 57.8. The minimum atomic E-state index is -5.39. The second kappa shape index (κ2) is 52.5. The number of aliphatic hydroxyl groups is 1. The fourth-order valence-corrected chi connectivity index (χ4v) is 12.7. The van der Waals surface area contributed by atoms with Gasteiger partial charge in [0.25, 0.3) is 0 Å². The highest BCUT2D eigenvalue weighted by Crippen LogP contribution is 2.44. The van der Waals surface area contributed by atoms with E-state index in [-0.39, 0.29) is 44.5 Å². The van der Waals surface area contributed by atoms with Crippen LogP contribution >= 0.6 is 15.6 Å². The molecule has 7 N–H and O–H groups in total. The van der Waals surface area contributed by atoms with Gasteiger partial charge < -0.3 is 68.5 Å².